The Morgan fingerprint density at radius 2 is 1.85 bits per heavy atom. The molecule has 2 aromatic carbocycles. The molecular formula is C31H28N4O5S. The molecule has 9 nitrogen and oxygen atoms in total. The fourth-order valence-corrected chi connectivity index (χ4v) is 4.90. The van der Waals surface area contributed by atoms with Crippen LogP contribution in [0.4, 0.5) is 0 Å². The molecule has 0 aliphatic carbocycles. The van der Waals surface area contributed by atoms with E-state index in [1.807, 2.05) is 71.8 Å². The Kier molecular flexibility index (Phi) is 7.81. The first-order valence-corrected chi connectivity index (χ1v) is 14.0. The van der Waals surface area contributed by atoms with Crippen LogP contribution in [0.5, 0.6) is 17.4 Å². The number of oxazole rings is 1. The molecule has 4 aromatic heterocycles. The lowest BCUT2D eigenvalue weighted by molar-refractivity contribution is 0.274. The number of methoxy groups -OCH3 is 1. The molecule has 0 fully saturated rings. The van der Waals surface area contributed by atoms with E-state index in [0.717, 1.165) is 35.3 Å². The minimum Gasteiger partial charge on any atom is -0.493 e. The second kappa shape index (κ2) is 12.1. The minimum atomic E-state index is 0.224. The second-order valence-corrected chi connectivity index (χ2v) is 10.00. The van der Waals surface area contributed by atoms with Gasteiger partial charge in [-0.3, -0.25) is 0 Å². The van der Waals surface area contributed by atoms with Crippen LogP contribution < -0.4 is 14.2 Å². The molecule has 0 saturated heterocycles. The molecule has 0 aliphatic heterocycles. The maximum absolute atomic E-state index is 6.24. The first-order valence-electron chi connectivity index (χ1n) is 13.1. The molecule has 0 unspecified atom stereocenters. The Labute approximate surface area is 241 Å². The third-order valence-electron chi connectivity index (χ3n) is 6.50. The highest BCUT2D eigenvalue weighted by molar-refractivity contribution is 7.07. The van der Waals surface area contributed by atoms with Crippen molar-refractivity contribution in [2.24, 2.45) is 0 Å². The number of ether oxygens (including phenoxy) is 3. The quantitative estimate of drug-likeness (QED) is 0.158. The summed E-state index contributed by atoms with van der Waals surface area (Å²) < 4.78 is 30.9. The number of benzene rings is 2. The van der Waals surface area contributed by atoms with E-state index in [0.29, 0.717) is 47.1 Å². The molecule has 0 aliphatic rings. The van der Waals surface area contributed by atoms with E-state index in [2.05, 4.69) is 15.3 Å². The zero-order chi connectivity index (χ0) is 28.0. The van der Waals surface area contributed by atoms with Crippen LogP contribution in [0.25, 0.3) is 17.3 Å². The second-order valence-electron chi connectivity index (χ2n) is 9.28. The molecule has 0 spiro atoms. The van der Waals surface area contributed by atoms with Gasteiger partial charge in [0.25, 0.3) is 5.89 Å². The van der Waals surface area contributed by atoms with Crippen molar-refractivity contribution in [3.05, 3.63) is 112 Å². The fraction of sp³-hybridized carbons (Fsp3) is 0.194. The molecule has 0 N–H and O–H groups in total. The van der Waals surface area contributed by atoms with Gasteiger partial charge >= 0.3 is 0 Å². The first kappa shape index (κ1) is 26.4. The molecule has 0 atom stereocenters. The number of aromatic nitrogens is 4. The SMILES string of the molecule is COc1cc(COc2nn(-c3ccccc3)cc2CCc2cscn2)ccc1OCc1nc(-c2ccco2)oc1C. The third kappa shape index (κ3) is 6.17. The molecule has 6 aromatic rings. The van der Waals surface area contributed by atoms with Crippen molar-refractivity contribution in [3.8, 4) is 34.7 Å². The molecule has 0 amide bonds. The van der Waals surface area contributed by atoms with E-state index < -0.39 is 0 Å². The van der Waals surface area contributed by atoms with E-state index >= 15 is 0 Å². The van der Waals surface area contributed by atoms with Crippen molar-refractivity contribution >= 4 is 11.3 Å². The highest BCUT2D eigenvalue weighted by Crippen LogP contribution is 2.31. The third-order valence-corrected chi connectivity index (χ3v) is 7.13. The minimum absolute atomic E-state index is 0.224. The summed E-state index contributed by atoms with van der Waals surface area (Å²) in [5, 5.41) is 6.81. The van der Waals surface area contributed by atoms with Crippen molar-refractivity contribution in [2.45, 2.75) is 33.0 Å². The number of rotatable bonds is 12. The van der Waals surface area contributed by atoms with Crippen LogP contribution in [-0.4, -0.2) is 26.9 Å². The van der Waals surface area contributed by atoms with Crippen LogP contribution in [0, 0.1) is 6.92 Å². The van der Waals surface area contributed by atoms with Gasteiger partial charge in [0.15, 0.2) is 17.3 Å². The Bertz CT molecular complexity index is 1690. The largest absolute Gasteiger partial charge is 0.493 e. The normalized spacial score (nSPS) is 11.1. The monoisotopic (exact) mass is 568 g/mol. The summed E-state index contributed by atoms with van der Waals surface area (Å²) in [5.74, 6) is 3.44. The molecule has 0 radical (unpaired) electrons. The Balaban J connectivity index is 1.14. The van der Waals surface area contributed by atoms with Crippen LogP contribution in [-0.2, 0) is 26.1 Å². The lowest BCUT2D eigenvalue weighted by atomic mass is 10.1. The topological polar surface area (TPSA) is 97.6 Å². The summed E-state index contributed by atoms with van der Waals surface area (Å²) in [4.78, 5) is 8.92. The fourth-order valence-electron chi connectivity index (χ4n) is 4.31. The van der Waals surface area contributed by atoms with E-state index in [9.17, 15) is 0 Å². The lowest BCUT2D eigenvalue weighted by Gasteiger charge is -2.12. The maximum Gasteiger partial charge on any atom is 0.263 e. The van der Waals surface area contributed by atoms with Crippen molar-refractivity contribution in [3.63, 3.8) is 0 Å². The van der Waals surface area contributed by atoms with Crippen molar-refractivity contribution in [1.29, 1.82) is 0 Å². The van der Waals surface area contributed by atoms with Crippen LogP contribution in [0.1, 0.15) is 28.3 Å². The smallest absolute Gasteiger partial charge is 0.263 e. The number of aryl methyl sites for hydroxylation is 3. The molecule has 0 saturated carbocycles. The van der Waals surface area contributed by atoms with Crippen molar-refractivity contribution in [1.82, 2.24) is 19.7 Å². The van der Waals surface area contributed by atoms with Gasteiger partial charge in [0, 0.05) is 17.1 Å². The maximum atomic E-state index is 6.24. The number of hydrogen-bond acceptors (Lipinski definition) is 9. The van der Waals surface area contributed by atoms with Gasteiger partial charge < -0.3 is 23.0 Å². The highest BCUT2D eigenvalue weighted by Gasteiger charge is 2.16. The molecule has 4 heterocycles. The summed E-state index contributed by atoms with van der Waals surface area (Å²) >= 11 is 1.60. The number of para-hydroxylation sites is 1. The number of furan rings is 1. The predicted octanol–water partition coefficient (Wildman–Crippen LogP) is 6.84. The highest BCUT2D eigenvalue weighted by atomic mass is 32.1. The van der Waals surface area contributed by atoms with E-state index in [-0.39, 0.29) is 6.61 Å². The summed E-state index contributed by atoms with van der Waals surface area (Å²) in [5.41, 5.74) is 6.51. The summed E-state index contributed by atoms with van der Waals surface area (Å²) in [7, 11) is 1.61. The first-order chi connectivity index (χ1) is 20.2. The van der Waals surface area contributed by atoms with Gasteiger partial charge in [-0.05, 0) is 61.7 Å². The molecule has 208 valence electrons. The van der Waals surface area contributed by atoms with Crippen molar-refractivity contribution in [2.75, 3.05) is 7.11 Å². The zero-order valence-corrected chi connectivity index (χ0v) is 23.5. The van der Waals surface area contributed by atoms with Gasteiger partial charge in [-0.15, -0.1) is 16.4 Å². The van der Waals surface area contributed by atoms with E-state index in [1.54, 1.807) is 36.8 Å². The number of nitrogens with zero attached hydrogens (tertiary/aromatic N) is 4. The Morgan fingerprint density at radius 1 is 0.951 bits per heavy atom. The Hall–Kier alpha value is -4.83. The molecule has 6 rings (SSSR count). The average molecular weight is 569 g/mol. The molecule has 41 heavy (non-hydrogen) atoms. The lowest BCUT2D eigenvalue weighted by Crippen LogP contribution is -2.02. The molecular weight excluding hydrogens is 540 g/mol. The van der Waals surface area contributed by atoms with Crippen LogP contribution in [0.15, 0.2) is 92.8 Å². The number of hydrogen-bond donors (Lipinski definition) is 0. The van der Waals surface area contributed by atoms with Crippen molar-refractivity contribution < 1.29 is 23.0 Å². The predicted molar refractivity (Wildman–Crippen MR) is 154 cm³/mol. The Morgan fingerprint density at radius 3 is 2.63 bits per heavy atom. The van der Waals surface area contributed by atoms with Gasteiger partial charge in [0.05, 0.1) is 30.3 Å². The van der Waals surface area contributed by atoms with E-state index in [1.165, 1.54) is 0 Å². The molecule has 0 bridgehead atoms. The van der Waals surface area contributed by atoms with Crippen LogP contribution in [0.3, 0.4) is 0 Å². The van der Waals surface area contributed by atoms with Gasteiger partial charge in [-0.1, -0.05) is 24.3 Å². The van der Waals surface area contributed by atoms with Crippen LogP contribution >= 0.6 is 11.3 Å². The van der Waals surface area contributed by atoms with Gasteiger partial charge in [-0.25, -0.2) is 14.6 Å². The summed E-state index contributed by atoms with van der Waals surface area (Å²) in [6, 6.07) is 19.3. The van der Waals surface area contributed by atoms with Gasteiger partial charge in [0.1, 0.15) is 24.7 Å². The van der Waals surface area contributed by atoms with E-state index in [4.69, 9.17) is 28.1 Å². The molecule has 10 heteroatoms. The van der Waals surface area contributed by atoms with Gasteiger partial charge in [0.2, 0.25) is 5.88 Å². The summed E-state index contributed by atoms with van der Waals surface area (Å²) in [6.07, 6.45) is 5.19. The number of thiazole rings is 1. The standard InChI is InChI=1S/C31H28N4O5S/c1-21-26(33-31(40-21)28-9-6-14-37-28)18-38-27-13-10-22(15-29(27)36-2)17-39-30-23(11-12-24-19-41-20-32-24)16-35(34-30)25-7-4-3-5-8-25/h3-10,13-16,19-20H,11-12,17-18H2,1-2H3. The van der Waals surface area contributed by atoms with Gasteiger partial charge in [-0.2, -0.15) is 0 Å². The summed E-state index contributed by atoms with van der Waals surface area (Å²) in [6.45, 7) is 2.39. The average Bonchev–Trinajstić information content (AvgIpc) is 3.82. The zero-order valence-electron chi connectivity index (χ0n) is 22.6. The van der Waals surface area contributed by atoms with Crippen LogP contribution in [0.2, 0.25) is 0 Å².